The zero-order valence-corrected chi connectivity index (χ0v) is 15.3. The highest BCUT2D eigenvalue weighted by Crippen LogP contribution is 2.33. The number of rotatable bonds is 4. The van der Waals surface area contributed by atoms with Gasteiger partial charge in [0.15, 0.2) is 11.5 Å². The molecule has 0 saturated heterocycles. The monoisotopic (exact) mass is 384 g/mol. The molecule has 0 saturated carbocycles. The fourth-order valence-electron chi connectivity index (χ4n) is 3.00. The third kappa shape index (κ3) is 2.75. The molecule has 3 heterocycles. The second-order valence-electron chi connectivity index (χ2n) is 5.73. The lowest BCUT2D eigenvalue weighted by Gasteiger charge is -2.10. The zero-order chi connectivity index (χ0) is 18.3. The predicted octanol–water partition coefficient (Wildman–Crippen LogP) is 4.26. The molecule has 1 N–H and O–H groups in total. The molecule has 8 heteroatoms. The van der Waals surface area contributed by atoms with Crippen molar-refractivity contribution in [3.8, 4) is 11.5 Å². The summed E-state index contributed by atoms with van der Waals surface area (Å²) < 4.78 is 2.72. The lowest BCUT2D eigenvalue weighted by Crippen LogP contribution is -2.12. The van der Waals surface area contributed by atoms with Crippen molar-refractivity contribution in [1.82, 2.24) is 19.5 Å². The van der Waals surface area contributed by atoms with Gasteiger partial charge in [-0.05, 0) is 30.0 Å². The lowest BCUT2D eigenvalue weighted by atomic mass is 10.1. The number of hydrogen-bond acceptors (Lipinski definition) is 5. The van der Waals surface area contributed by atoms with Crippen molar-refractivity contribution in [1.29, 1.82) is 0 Å². The molecule has 4 rings (SSSR count). The number of halogens is 1. The normalized spacial score (nSPS) is 11.2. The Morgan fingerprint density at radius 1 is 1.35 bits per heavy atom. The van der Waals surface area contributed by atoms with E-state index in [1.165, 1.54) is 0 Å². The first-order chi connectivity index (χ1) is 12.6. The summed E-state index contributed by atoms with van der Waals surface area (Å²) in [5.74, 6) is -0.560. The van der Waals surface area contributed by atoms with Gasteiger partial charge >= 0.3 is 5.97 Å². The third-order valence-corrected chi connectivity index (χ3v) is 5.40. The Labute approximate surface area is 157 Å². The highest BCUT2D eigenvalue weighted by Gasteiger charge is 2.23. The number of aryl methyl sites for hydroxylation is 1. The minimum atomic E-state index is -1.03. The summed E-state index contributed by atoms with van der Waals surface area (Å²) in [7, 11) is 0. The first-order valence-corrected chi connectivity index (χ1v) is 9.03. The fraction of sp³-hybridized carbons (Fsp3) is 0.111. The highest BCUT2D eigenvalue weighted by atomic mass is 35.5. The van der Waals surface area contributed by atoms with Crippen molar-refractivity contribution in [2.75, 3.05) is 0 Å². The first-order valence-electron chi connectivity index (χ1n) is 7.77. The maximum absolute atomic E-state index is 11.8. The van der Waals surface area contributed by atoms with Crippen LogP contribution in [0.25, 0.3) is 21.6 Å². The quantitative estimate of drug-likeness (QED) is 0.568. The van der Waals surface area contributed by atoms with Gasteiger partial charge in [-0.25, -0.2) is 14.8 Å². The van der Waals surface area contributed by atoms with Crippen LogP contribution in [0.4, 0.5) is 0 Å². The smallest absolute Gasteiger partial charge is 0.354 e. The molecule has 0 aliphatic rings. The summed E-state index contributed by atoms with van der Waals surface area (Å²) in [6, 6.07) is 5.73. The molecule has 0 bridgehead atoms. The molecule has 0 unspecified atom stereocenters. The summed E-state index contributed by atoms with van der Waals surface area (Å²) in [5, 5.41) is 13.3. The second-order valence-corrected chi connectivity index (χ2v) is 7.04. The molecule has 0 radical (unpaired) electrons. The van der Waals surface area contributed by atoms with Gasteiger partial charge < -0.3 is 9.67 Å². The van der Waals surface area contributed by atoms with E-state index in [0.717, 1.165) is 15.6 Å². The van der Waals surface area contributed by atoms with Crippen LogP contribution in [0, 0.1) is 6.92 Å². The molecule has 130 valence electrons. The number of benzene rings is 1. The van der Waals surface area contributed by atoms with Crippen LogP contribution in [-0.2, 0) is 6.54 Å². The van der Waals surface area contributed by atoms with Gasteiger partial charge in [0.2, 0.25) is 0 Å². The van der Waals surface area contributed by atoms with Crippen molar-refractivity contribution in [3.05, 3.63) is 64.1 Å². The van der Waals surface area contributed by atoms with Crippen LogP contribution in [0.2, 0.25) is 5.02 Å². The van der Waals surface area contributed by atoms with Gasteiger partial charge in [-0.1, -0.05) is 17.7 Å². The van der Waals surface area contributed by atoms with E-state index in [1.807, 2.05) is 23.6 Å². The minimum absolute atomic E-state index is 0.136. The van der Waals surface area contributed by atoms with Crippen LogP contribution in [0.1, 0.15) is 21.7 Å². The van der Waals surface area contributed by atoms with Crippen LogP contribution in [-0.4, -0.2) is 30.6 Å². The zero-order valence-electron chi connectivity index (χ0n) is 13.7. The molecule has 0 aliphatic carbocycles. The van der Waals surface area contributed by atoms with Crippen LogP contribution < -0.4 is 0 Å². The molecule has 0 amide bonds. The minimum Gasteiger partial charge on any atom is -0.477 e. The van der Waals surface area contributed by atoms with Gasteiger partial charge in [-0.15, -0.1) is 11.3 Å². The Morgan fingerprint density at radius 2 is 2.19 bits per heavy atom. The average Bonchev–Trinajstić information content (AvgIpc) is 3.18. The van der Waals surface area contributed by atoms with Crippen LogP contribution in [0.5, 0.6) is 0 Å². The number of nitrogens with zero attached hydrogens (tertiary/aromatic N) is 4. The molecule has 0 spiro atoms. The van der Waals surface area contributed by atoms with Gasteiger partial charge in [0.1, 0.15) is 5.69 Å². The summed E-state index contributed by atoms with van der Waals surface area (Å²) in [6.07, 6.45) is 4.69. The van der Waals surface area contributed by atoms with E-state index in [9.17, 15) is 9.90 Å². The lowest BCUT2D eigenvalue weighted by molar-refractivity contribution is 0.0685. The number of hydrogen-bond donors (Lipinski definition) is 1. The van der Waals surface area contributed by atoms with Crippen molar-refractivity contribution >= 4 is 39.0 Å². The topological polar surface area (TPSA) is 80.9 Å². The Hall–Kier alpha value is -2.77. The van der Waals surface area contributed by atoms with Crippen molar-refractivity contribution in [2.24, 2.45) is 0 Å². The Bertz CT molecular complexity index is 1120. The highest BCUT2D eigenvalue weighted by molar-refractivity contribution is 7.17. The molecule has 0 atom stereocenters. The van der Waals surface area contributed by atoms with Gasteiger partial charge in [-0.3, -0.25) is 4.98 Å². The third-order valence-electron chi connectivity index (χ3n) is 4.09. The van der Waals surface area contributed by atoms with Crippen LogP contribution in [0.3, 0.4) is 0 Å². The van der Waals surface area contributed by atoms with Gasteiger partial charge in [0, 0.05) is 27.5 Å². The first kappa shape index (κ1) is 16.7. The molecular weight excluding hydrogens is 372 g/mol. The molecule has 1 aromatic carbocycles. The number of carbonyl (C=O) groups is 1. The number of thiophene rings is 1. The summed E-state index contributed by atoms with van der Waals surface area (Å²) in [4.78, 5) is 24.6. The maximum Gasteiger partial charge on any atom is 0.354 e. The molecule has 4 aromatic rings. The van der Waals surface area contributed by atoms with Gasteiger partial charge in [0.05, 0.1) is 18.4 Å². The van der Waals surface area contributed by atoms with Gasteiger partial charge in [0.25, 0.3) is 0 Å². The summed E-state index contributed by atoms with van der Waals surface area (Å²) in [6.45, 7) is 2.01. The number of aromatic nitrogens is 4. The molecule has 0 fully saturated rings. The molecule has 6 nitrogen and oxygen atoms in total. The molecule has 3 aromatic heterocycles. The van der Waals surface area contributed by atoms with E-state index >= 15 is 0 Å². The summed E-state index contributed by atoms with van der Waals surface area (Å²) in [5.41, 5.74) is 2.04. The second kappa shape index (κ2) is 6.51. The van der Waals surface area contributed by atoms with Gasteiger partial charge in [-0.2, -0.15) is 0 Å². The van der Waals surface area contributed by atoms with Crippen LogP contribution >= 0.6 is 22.9 Å². The largest absolute Gasteiger partial charge is 0.477 e. The SMILES string of the molecule is Cc1nc(-c2cnccn2)n(Cc2csc3cccc(Cl)c23)c1C(=O)O. The van der Waals surface area contributed by atoms with E-state index in [0.29, 0.717) is 28.8 Å². The van der Waals surface area contributed by atoms with E-state index in [4.69, 9.17) is 11.6 Å². The number of fused-ring (bicyclic) bond motifs is 1. The van der Waals surface area contributed by atoms with Crippen molar-refractivity contribution in [3.63, 3.8) is 0 Å². The molecule has 0 aliphatic heterocycles. The summed E-state index contributed by atoms with van der Waals surface area (Å²) >= 11 is 7.95. The predicted molar refractivity (Wildman–Crippen MR) is 101 cm³/mol. The number of carboxylic acids is 1. The fourth-order valence-corrected chi connectivity index (χ4v) is 4.33. The number of imidazole rings is 1. The standard InChI is InChI=1S/C18H13ClN4O2S/c1-10-16(18(24)25)23(17(22-10)13-7-20-5-6-21-13)8-11-9-26-14-4-2-3-12(19)15(11)14/h2-7,9H,8H2,1H3,(H,24,25). The number of aromatic carboxylic acids is 1. The maximum atomic E-state index is 11.8. The van der Waals surface area contributed by atoms with E-state index in [-0.39, 0.29) is 5.69 Å². The Morgan fingerprint density at radius 3 is 2.92 bits per heavy atom. The van der Waals surface area contributed by atoms with E-state index in [1.54, 1.807) is 41.4 Å². The van der Waals surface area contributed by atoms with Crippen molar-refractivity contribution in [2.45, 2.75) is 13.5 Å². The number of carboxylic acid groups (broad SMARTS) is 1. The molecule has 26 heavy (non-hydrogen) atoms. The van der Waals surface area contributed by atoms with Crippen LogP contribution in [0.15, 0.2) is 42.2 Å². The van der Waals surface area contributed by atoms with Crippen molar-refractivity contribution < 1.29 is 9.90 Å². The Balaban J connectivity index is 1.91. The molecular formula is C18H13ClN4O2S. The Kier molecular flexibility index (Phi) is 4.18. The van der Waals surface area contributed by atoms with E-state index in [2.05, 4.69) is 15.0 Å². The average molecular weight is 385 g/mol. The van der Waals surface area contributed by atoms with E-state index < -0.39 is 5.97 Å².